The van der Waals surface area contributed by atoms with Crippen LogP contribution in [0.2, 0.25) is 0 Å². The Hall–Kier alpha value is -2.39. The largest absolute Gasteiger partial charge is 0.496 e. The maximum Gasteiger partial charge on any atom is 0.419 e. The van der Waals surface area contributed by atoms with E-state index in [2.05, 4.69) is 10.2 Å². The number of nitrogens with one attached hydrogen (secondary N) is 1. The van der Waals surface area contributed by atoms with Crippen LogP contribution in [0.15, 0.2) is 41.7 Å². The molecule has 0 aromatic heterocycles. The van der Waals surface area contributed by atoms with Gasteiger partial charge in [-0.3, -0.25) is 0 Å². The number of anilines is 1. The topological polar surface area (TPSA) is 85.8 Å². The van der Waals surface area contributed by atoms with Gasteiger partial charge in [-0.15, -0.1) is 0 Å². The highest BCUT2D eigenvalue weighted by Crippen LogP contribution is 2.37. The van der Waals surface area contributed by atoms with Gasteiger partial charge in [0.2, 0.25) is 0 Å². The molecule has 5 N–H and O–H groups in total. The van der Waals surface area contributed by atoms with Crippen molar-refractivity contribution in [3.05, 3.63) is 47.3 Å². The normalized spacial score (nSPS) is 23.8. The van der Waals surface area contributed by atoms with Crippen LogP contribution in [0, 0.1) is 0 Å². The lowest BCUT2D eigenvalue weighted by Crippen LogP contribution is -2.50. The van der Waals surface area contributed by atoms with Gasteiger partial charge in [-0.25, -0.2) is 0 Å². The van der Waals surface area contributed by atoms with E-state index in [1.807, 2.05) is 12.1 Å². The van der Waals surface area contributed by atoms with Crippen LogP contribution in [-0.4, -0.2) is 39.6 Å². The molecule has 2 aliphatic heterocycles. The lowest BCUT2D eigenvalue weighted by Gasteiger charge is -2.34. The quantitative estimate of drug-likeness (QED) is 0.748. The predicted molar refractivity (Wildman–Crippen MR) is 91.4 cm³/mol. The van der Waals surface area contributed by atoms with Gasteiger partial charge in [-0.2, -0.15) is 13.2 Å². The average molecular weight is 370 g/mol. The highest BCUT2D eigenvalue weighted by atomic mass is 19.4. The molecule has 0 saturated carbocycles. The zero-order valence-corrected chi connectivity index (χ0v) is 14.3. The molecule has 1 aromatic rings. The minimum atomic E-state index is -4.56. The molecule has 1 unspecified atom stereocenters. The first-order valence-corrected chi connectivity index (χ1v) is 8.08. The van der Waals surface area contributed by atoms with Crippen molar-refractivity contribution in [1.82, 2.24) is 5.32 Å². The number of halogens is 3. The summed E-state index contributed by atoms with van der Waals surface area (Å²) < 4.78 is 49.6. The number of nitrogens with two attached hydrogens (primary N) is 2. The number of rotatable bonds is 3. The van der Waals surface area contributed by atoms with E-state index >= 15 is 0 Å². The van der Waals surface area contributed by atoms with Crippen LogP contribution < -0.4 is 26.4 Å². The molecule has 26 heavy (non-hydrogen) atoms. The molecule has 3 rings (SSSR count). The summed E-state index contributed by atoms with van der Waals surface area (Å²) in [7, 11) is 1.48. The molecule has 1 saturated heterocycles. The lowest BCUT2D eigenvalue weighted by atomic mass is 9.93. The summed E-state index contributed by atoms with van der Waals surface area (Å²) in [4.78, 5) is 2.14. The molecule has 9 heteroatoms. The summed E-state index contributed by atoms with van der Waals surface area (Å²) in [6.45, 7) is 2.77. The van der Waals surface area contributed by atoms with Gasteiger partial charge >= 0.3 is 6.18 Å². The Morgan fingerprint density at radius 1 is 1.27 bits per heavy atom. The molecule has 0 bridgehead atoms. The Kier molecular flexibility index (Phi) is 4.76. The highest BCUT2D eigenvalue weighted by Gasteiger charge is 2.40. The van der Waals surface area contributed by atoms with Crippen molar-refractivity contribution in [3.8, 4) is 5.75 Å². The summed E-state index contributed by atoms with van der Waals surface area (Å²) in [6, 6.07) is 5.39. The number of alkyl halides is 3. The first-order valence-electron chi connectivity index (χ1n) is 8.08. The number of morpholine rings is 1. The maximum atomic E-state index is 12.9. The summed E-state index contributed by atoms with van der Waals surface area (Å²) in [5.74, 6) is 0.455. The van der Waals surface area contributed by atoms with Gasteiger partial charge in [0.25, 0.3) is 0 Å². The number of methoxy groups -OCH3 is 1. The van der Waals surface area contributed by atoms with Crippen LogP contribution in [0.5, 0.6) is 5.75 Å². The third kappa shape index (κ3) is 3.45. The number of hydrogen-bond donors (Lipinski definition) is 3. The van der Waals surface area contributed by atoms with Crippen molar-refractivity contribution in [3.63, 3.8) is 0 Å². The fourth-order valence-electron chi connectivity index (χ4n) is 3.08. The van der Waals surface area contributed by atoms with Gasteiger partial charge in [-0.1, -0.05) is 0 Å². The molecule has 2 heterocycles. The SMILES string of the molecule is COc1cc(N2CCOCC2)ccc1C1(N)C=C(N)C(C(F)(F)F)=CN1. The Balaban J connectivity index is 1.93. The van der Waals surface area contributed by atoms with Crippen molar-refractivity contribution in [2.45, 2.75) is 11.8 Å². The van der Waals surface area contributed by atoms with Crippen LogP contribution in [-0.2, 0) is 10.4 Å². The first kappa shape index (κ1) is 18.4. The van der Waals surface area contributed by atoms with Gasteiger partial charge < -0.3 is 31.2 Å². The maximum absolute atomic E-state index is 12.9. The Bertz CT molecular complexity index is 742. The fraction of sp³-hybridized carbons (Fsp3) is 0.412. The standard InChI is InChI=1S/C17H21F3N4O2/c1-25-15-8-11(24-4-6-26-7-5-24)2-3-12(15)16(22)9-14(21)13(10-23-16)17(18,19)20/h2-3,8-10,23H,4-7,21-22H2,1H3. The molecule has 1 aromatic carbocycles. The van der Waals surface area contributed by atoms with Crippen LogP contribution >= 0.6 is 0 Å². The van der Waals surface area contributed by atoms with Crippen molar-refractivity contribution >= 4 is 5.69 Å². The molecule has 0 aliphatic carbocycles. The van der Waals surface area contributed by atoms with E-state index in [9.17, 15) is 13.2 Å². The third-order valence-corrected chi connectivity index (χ3v) is 4.46. The number of benzene rings is 1. The highest BCUT2D eigenvalue weighted by molar-refractivity contribution is 5.57. The van der Waals surface area contributed by atoms with Crippen molar-refractivity contribution in [1.29, 1.82) is 0 Å². The van der Waals surface area contributed by atoms with Crippen LogP contribution in [0.4, 0.5) is 18.9 Å². The second-order valence-electron chi connectivity index (χ2n) is 6.15. The van der Waals surface area contributed by atoms with Crippen molar-refractivity contribution < 1.29 is 22.6 Å². The molecular weight excluding hydrogens is 349 g/mol. The molecule has 0 spiro atoms. The second-order valence-corrected chi connectivity index (χ2v) is 6.15. The molecule has 1 atom stereocenters. The second kappa shape index (κ2) is 6.73. The van der Waals surface area contributed by atoms with E-state index in [0.717, 1.165) is 31.1 Å². The number of hydrogen-bond acceptors (Lipinski definition) is 6. The van der Waals surface area contributed by atoms with E-state index < -0.39 is 23.1 Å². The van der Waals surface area contributed by atoms with E-state index in [4.69, 9.17) is 20.9 Å². The minimum Gasteiger partial charge on any atom is -0.496 e. The van der Waals surface area contributed by atoms with Gasteiger partial charge in [0, 0.05) is 42.3 Å². The summed E-state index contributed by atoms with van der Waals surface area (Å²) in [5, 5.41) is 2.60. The molecule has 0 amide bonds. The zero-order valence-electron chi connectivity index (χ0n) is 14.3. The Morgan fingerprint density at radius 3 is 2.54 bits per heavy atom. The van der Waals surface area contributed by atoms with Crippen molar-refractivity contribution in [2.75, 3.05) is 38.3 Å². The number of allylic oxidation sites excluding steroid dienone is 1. The van der Waals surface area contributed by atoms with Crippen molar-refractivity contribution in [2.24, 2.45) is 11.5 Å². The molecule has 0 radical (unpaired) electrons. The third-order valence-electron chi connectivity index (χ3n) is 4.46. The number of ether oxygens (including phenoxy) is 2. The molecule has 6 nitrogen and oxygen atoms in total. The van der Waals surface area contributed by atoms with Gasteiger partial charge in [0.1, 0.15) is 11.4 Å². The summed E-state index contributed by atoms with van der Waals surface area (Å²) in [5.41, 5.74) is 10.5. The average Bonchev–Trinajstić information content (AvgIpc) is 2.60. The zero-order chi connectivity index (χ0) is 18.9. The minimum absolute atomic E-state index is 0.432. The first-order chi connectivity index (χ1) is 12.2. The van der Waals surface area contributed by atoms with Gasteiger partial charge in [-0.05, 0) is 18.2 Å². The summed E-state index contributed by atoms with van der Waals surface area (Å²) in [6.07, 6.45) is -2.61. The van der Waals surface area contributed by atoms with E-state index in [1.165, 1.54) is 7.11 Å². The molecular formula is C17H21F3N4O2. The van der Waals surface area contributed by atoms with E-state index in [1.54, 1.807) is 6.07 Å². The molecule has 2 aliphatic rings. The smallest absolute Gasteiger partial charge is 0.419 e. The van der Waals surface area contributed by atoms with E-state index in [0.29, 0.717) is 24.5 Å². The van der Waals surface area contributed by atoms with Gasteiger partial charge in [0.05, 0.1) is 25.9 Å². The van der Waals surface area contributed by atoms with Gasteiger partial charge in [0.15, 0.2) is 0 Å². The predicted octanol–water partition coefficient (Wildman–Crippen LogP) is 1.54. The Morgan fingerprint density at radius 2 is 1.96 bits per heavy atom. The van der Waals surface area contributed by atoms with Crippen LogP contribution in [0.1, 0.15) is 5.56 Å². The van der Waals surface area contributed by atoms with Crippen LogP contribution in [0.3, 0.4) is 0 Å². The molecule has 142 valence electrons. The van der Waals surface area contributed by atoms with E-state index in [-0.39, 0.29) is 0 Å². The fourth-order valence-corrected chi connectivity index (χ4v) is 3.08. The lowest BCUT2D eigenvalue weighted by molar-refractivity contribution is -0.0903. The monoisotopic (exact) mass is 370 g/mol. The number of nitrogens with zero attached hydrogens (tertiary/aromatic N) is 1. The Labute approximate surface area is 149 Å². The summed E-state index contributed by atoms with van der Waals surface area (Å²) >= 11 is 0. The van der Waals surface area contributed by atoms with Crippen LogP contribution in [0.25, 0.3) is 0 Å². The molecule has 1 fully saturated rings. The number of dihydropyridines is 1.